The topological polar surface area (TPSA) is 23.6 Å². The highest BCUT2D eigenvalue weighted by Crippen LogP contribution is 2.27. The van der Waals surface area contributed by atoms with E-state index in [0.717, 1.165) is 32.2 Å². The molecule has 2 rings (SSSR count). The van der Waals surface area contributed by atoms with E-state index < -0.39 is 0 Å². The Labute approximate surface area is 90.8 Å². The Bertz CT molecular complexity index is 220. The van der Waals surface area contributed by atoms with E-state index in [2.05, 4.69) is 17.5 Å². The van der Waals surface area contributed by atoms with Crippen molar-refractivity contribution in [3.63, 3.8) is 0 Å². The van der Waals surface area contributed by atoms with Crippen molar-refractivity contribution in [2.24, 2.45) is 0 Å². The summed E-state index contributed by atoms with van der Waals surface area (Å²) in [6.45, 7) is 5.73. The summed E-state index contributed by atoms with van der Waals surface area (Å²) in [6.07, 6.45) is 2.72. The van der Waals surface area contributed by atoms with Gasteiger partial charge in [0.2, 0.25) is 5.91 Å². The average molecular weight is 214 g/mol. The van der Waals surface area contributed by atoms with Crippen molar-refractivity contribution in [1.29, 1.82) is 0 Å². The molecule has 3 nitrogen and oxygen atoms in total. The van der Waals surface area contributed by atoms with E-state index in [-0.39, 0.29) is 11.2 Å². The van der Waals surface area contributed by atoms with Crippen LogP contribution in [0.25, 0.3) is 0 Å². The second-order valence-corrected chi connectivity index (χ2v) is 5.04. The summed E-state index contributed by atoms with van der Waals surface area (Å²) >= 11 is 4.17. The highest BCUT2D eigenvalue weighted by molar-refractivity contribution is 7.81. The van der Waals surface area contributed by atoms with Crippen LogP contribution in [0.4, 0.5) is 0 Å². The van der Waals surface area contributed by atoms with Crippen LogP contribution in [0.2, 0.25) is 0 Å². The molecule has 80 valence electrons. The van der Waals surface area contributed by atoms with Gasteiger partial charge in [-0.1, -0.05) is 0 Å². The quantitative estimate of drug-likeness (QED) is 0.681. The molecule has 1 aliphatic carbocycles. The van der Waals surface area contributed by atoms with Crippen molar-refractivity contribution in [2.75, 3.05) is 26.2 Å². The van der Waals surface area contributed by atoms with Gasteiger partial charge in [-0.2, -0.15) is 12.6 Å². The van der Waals surface area contributed by atoms with Gasteiger partial charge in [0.15, 0.2) is 0 Å². The Hall–Kier alpha value is -0.220. The molecule has 1 saturated carbocycles. The Balaban J connectivity index is 1.80. The number of hydrogen-bond donors (Lipinski definition) is 1. The van der Waals surface area contributed by atoms with Crippen molar-refractivity contribution >= 4 is 18.5 Å². The maximum Gasteiger partial charge on any atom is 0.235 e. The van der Waals surface area contributed by atoms with E-state index in [1.165, 1.54) is 12.8 Å². The summed E-state index contributed by atoms with van der Waals surface area (Å²) in [6, 6.07) is 0.834. The third kappa shape index (κ3) is 2.23. The fourth-order valence-corrected chi connectivity index (χ4v) is 2.17. The molecular formula is C10H18N2OS. The normalized spacial score (nSPS) is 26.3. The molecule has 0 bridgehead atoms. The minimum Gasteiger partial charge on any atom is -0.339 e. The van der Waals surface area contributed by atoms with Gasteiger partial charge >= 0.3 is 0 Å². The molecule has 0 aromatic heterocycles. The van der Waals surface area contributed by atoms with Crippen LogP contribution in [0.5, 0.6) is 0 Å². The summed E-state index contributed by atoms with van der Waals surface area (Å²) in [5.41, 5.74) is 0. The standard InChI is InChI=1S/C10H18N2OS/c1-8(14)10(13)12-6-4-11(5-7-12)9-2-3-9/h8-9,14H,2-7H2,1H3. The molecule has 0 spiro atoms. The number of piperazine rings is 1. The van der Waals surface area contributed by atoms with Crippen LogP contribution in [0, 0.1) is 0 Å². The predicted molar refractivity (Wildman–Crippen MR) is 59.6 cm³/mol. The molecule has 0 radical (unpaired) electrons. The van der Waals surface area contributed by atoms with Gasteiger partial charge in [-0.25, -0.2) is 0 Å². The van der Waals surface area contributed by atoms with Crippen LogP contribution < -0.4 is 0 Å². The summed E-state index contributed by atoms with van der Waals surface area (Å²) in [7, 11) is 0. The summed E-state index contributed by atoms with van der Waals surface area (Å²) in [4.78, 5) is 16.1. The predicted octanol–water partition coefficient (Wildman–Crippen LogP) is 0.611. The van der Waals surface area contributed by atoms with Gasteiger partial charge < -0.3 is 4.90 Å². The van der Waals surface area contributed by atoms with Crippen LogP contribution in [0.15, 0.2) is 0 Å². The third-order valence-corrected chi connectivity index (χ3v) is 3.27. The number of carbonyl (C=O) groups excluding carboxylic acids is 1. The minimum atomic E-state index is -0.150. The van der Waals surface area contributed by atoms with Gasteiger partial charge in [0.05, 0.1) is 5.25 Å². The lowest BCUT2D eigenvalue weighted by Crippen LogP contribution is -2.50. The molecule has 1 saturated heterocycles. The number of rotatable bonds is 2. The van der Waals surface area contributed by atoms with Gasteiger partial charge in [0.1, 0.15) is 0 Å². The van der Waals surface area contributed by atoms with Crippen molar-refractivity contribution in [3.05, 3.63) is 0 Å². The van der Waals surface area contributed by atoms with E-state index in [0.29, 0.717) is 0 Å². The van der Waals surface area contributed by atoms with Crippen molar-refractivity contribution < 1.29 is 4.79 Å². The van der Waals surface area contributed by atoms with E-state index in [9.17, 15) is 4.79 Å². The molecule has 0 N–H and O–H groups in total. The first kappa shape index (κ1) is 10.3. The highest BCUT2D eigenvalue weighted by Gasteiger charge is 2.32. The average Bonchev–Trinajstić information content (AvgIpc) is 3.00. The third-order valence-electron chi connectivity index (χ3n) is 3.05. The molecule has 14 heavy (non-hydrogen) atoms. The first-order chi connectivity index (χ1) is 6.68. The van der Waals surface area contributed by atoms with Crippen LogP contribution in [0.1, 0.15) is 19.8 Å². The fraction of sp³-hybridized carbons (Fsp3) is 0.900. The van der Waals surface area contributed by atoms with Crippen LogP contribution in [-0.4, -0.2) is 53.2 Å². The SMILES string of the molecule is CC(S)C(=O)N1CCN(C2CC2)CC1. The molecule has 1 amide bonds. The number of nitrogens with zero attached hydrogens (tertiary/aromatic N) is 2. The Kier molecular flexibility index (Phi) is 3.02. The van der Waals surface area contributed by atoms with E-state index >= 15 is 0 Å². The number of hydrogen-bond acceptors (Lipinski definition) is 3. The maximum atomic E-state index is 11.6. The largest absolute Gasteiger partial charge is 0.339 e. The van der Waals surface area contributed by atoms with Gasteiger partial charge in [-0.3, -0.25) is 9.69 Å². The van der Waals surface area contributed by atoms with E-state index in [1.54, 1.807) is 0 Å². The summed E-state index contributed by atoms with van der Waals surface area (Å²) in [5.74, 6) is 0.184. The van der Waals surface area contributed by atoms with Crippen molar-refractivity contribution in [2.45, 2.75) is 31.1 Å². The van der Waals surface area contributed by atoms with Crippen molar-refractivity contribution in [3.8, 4) is 0 Å². The molecule has 1 unspecified atom stereocenters. The fourth-order valence-electron chi connectivity index (χ4n) is 2.01. The molecule has 4 heteroatoms. The number of carbonyl (C=O) groups is 1. The first-order valence-corrected chi connectivity index (χ1v) is 5.91. The second kappa shape index (κ2) is 4.11. The molecule has 2 aliphatic rings. The van der Waals surface area contributed by atoms with Crippen LogP contribution >= 0.6 is 12.6 Å². The highest BCUT2D eigenvalue weighted by atomic mass is 32.1. The summed E-state index contributed by atoms with van der Waals surface area (Å²) in [5, 5.41) is -0.150. The lowest BCUT2D eigenvalue weighted by atomic mass is 10.3. The zero-order valence-corrected chi connectivity index (χ0v) is 9.54. The molecule has 1 heterocycles. The summed E-state index contributed by atoms with van der Waals surface area (Å²) < 4.78 is 0. The first-order valence-electron chi connectivity index (χ1n) is 5.39. The molecule has 0 aromatic carbocycles. The molecule has 1 atom stereocenters. The van der Waals surface area contributed by atoms with Gasteiger partial charge in [0, 0.05) is 32.2 Å². The second-order valence-electron chi connectivity index (χ2n) is 4.27. The monoisotopic (exact) mass is 214 g/mol. The van der Waals surface area contributed by atoms with Gasteiger partial charge in [0.25, 0.3) is 0 Å². The van der Waals surface area contributed by atoms with Crippen LogP contribution in [0.3, 0.4) is 0 Å². The molecular weight excluding hydrogens is 196 g/mol. The van der Waals surface area contributed by atoms with Crippen LogP contribution in [-0.2, 0) is 4.79 Å². The Morgan fingerprint density at radius 1 is 1.29 bits per heavy atom. The van der Waals surface area contributed by atoms with Gasteiger partial charge in [-0.05, 0) is 19.8 Å². The zero-order valence-electron chi connectivity index (χ0n) is 8.65. The molecule has 1 aliphatic heterocycles. The number of amides is 1. The van der Waals surface area contributed by atoms with E-state index in [4.69, 9.17) is 0 Å². The number of thiol groups is 1. The lowest BCUT2D eigenvalue weighted by molar-refractivity contribution is -0.132. The smallest absolute Gasteiger partial charge is 0.235 e. The maximum absolute atomic E-state index is 11.6. The van der Waals surface area contributed by atoms with Gasteiger partial charge in [-0.15, -0.1) is 0 Å². The minimum absolute atomic E-state index is 0.150. The Morgan fingerprint density at radius 2 is 1.86 bits per heavy atom. The zero-order chi connectivity index (χ0) is 10.1. The van der Waals surface area contributed by atoms with Crippen molar-refractivity contribution in [1.82, 2.24) is 9.80 Å². The van der Waals surface area contributed by atoms with E-state index in [1.807, 2.05) is 11.8 Å². The Morgan fingerprint density at radius 3 is 2.29 bits per heavy atom. The molecule has 0 aromatic rings. The molecule has 2 fully saturated rings. The lowest BCUT2D eigenvalue weighted by Gasteiger charge is -2.35.